The minimum atomic E-state index is 0.608. The molecular formula is C19H19BrN4O. The van der Waals surface area contributed by atoms with E-state index in [2.05, 4.69) is 36.5 Å². The average Bonchev–Trinajstić information content (AvgIpc) is 2.56. The fourth-order valence-electron chi connectivity index (χ4n) is 2.40. The van der Waals surface area contributed by atoms with Gasteiger partial charge < -0.3 is 15.4 Å². The lowest BCUT2D eigenvalue weighted by atomic mass is 10.3. The van der Waals surface area contributed by atoms with Gasteiger partial charge >= 0.3 is 0 Å². The zero-order chi connectivity index (χ0) is 17.6. The maximum absolute atomic E-state index is 5.65. The van der Waals surface area contributed by atoms with E-state index >= 15 is 0 Å². The number of rotatable bonds is 6. The molecule has 6 heteroatoms. The van der Waals surface area contributed by atoms with Crippen LogP contribution in [0.25, 0.3) is 0 Å². The fourth-order valence-corrected chi connectivity index (χ4v) is 2.80. The molecule has 0 amide bonds. The van der Waals surface area contributed by atoms with Crippen LogP contribution in [0.2, 0.25) is 0 Å². The van der Waals surface area contributed by atoms with Crippen LogP contribution in [0.15, 0.2) is 59.1 Å². The summed E-state index contributed by atoms with van der Waals surface area (Å²) in [6.45, 7) is 4.44. The van der Waals surface area contributed by atoms with Crippen LogP contribution in [-0.2, 0) is 0 Å². The maximum Gasteiger partial charge on any atom is 0.142 e. The molecule has 0 saturated heterocycles. The second-order valence-corrected chi connectivity index (χ2v) is 6.29. The minimum absolute atomic E-state index is 0.608. The molecule has 0 unspecified atom stereocenters. The van der Waals surface area contributed by atoms with E-state index < -0.39 is 0 Å². The van der Waals surface area contributed by atoms with Crippen LogP contribution in [0.4, 0.5) is 23.0 Å². The second-order valence-electron chi connectivity index (χ2n) is 5.38. The lowest BCUT2D eigenvalue weighted by Crippen LogP contribution is -2.03. The van der Waals surface area contributed by atoms with Gasteiger partial charge in [-0.25, -0.2) is 9.97 Å². The number of nitrogens with zero attached hydrogens (tertiary/aromatic N) is 2. The number of aromatic nitrogens is 2. The van der Waals surface area contributed by atoms with Gasteiger partial charge in [-0.1, -0.05) is 34.1 Å². The first-order valence-electron chi connectivity index (χ1n) is 8.01. The molecule has 3 rings (SSSR count). The Labute approximate surface area is 155 Å². The molecule has 5 nitrogen and oxygen atoms in total. The average molecular weight is 399 g/mol. The van der Waals surface area contributed by atoms with Crippen LogP contribution in [0.5, 0.6) is 5.75 Å². The molecule has 0 atom stereocenters. The van der Waals surface area contributed by atoms with E-state index in [1.807, 2.05) is 68.4 Å². The van der Waals surface area contributed by atoms with E-state index in [0.717, 1.165) is 27.4 Å². The predicted octanol–water partition coefficient (Wildman–Crippen LogP) is 5.43. The lowest BCUT2D eigenvalue weighted by molar-refractivity contribution is 0.342. The van der Waals surface area contributed by atoms with Gasteiger partial charge in [0, 0.05) is 16.2 Å². The number of hydrogen-bond donors (Lipinski definition) is 2. The molecule has 1 aromatic heterocycles. The Morgan fingerprint density at radius 2 is 1.72 bits per heavy atom. The first-order valence-corrected chi connectivity index (χ1v) is 8.80. The third-order valence-electron chi connectivity index (χ3n) is 3.38. The van der Waals surface area contributed by atoms with Gasteiger partial charge in [-0.2, -0.15) is 0 Å². The SMILES string of the molecule is CCOc1ccccc1Nc1cc(Nc2cccc(Br)c2)nc(C)n1. The van der Waals surface area contributed by atoms with Gasteiger partial charge in [-0.05, 0) is 44.2 Å². The van der Waals surface area contributed by atoms with Crippen molar-refractivity contribution in [2.45, 2.75) is 13.8 Å². The van der Waals surface area contributed by atoms with Crippen molar-refractivity contribution < 1.29 is 4.74 Å². The molecule has 25 heavy (non-hydrogen) atoms. The summed E-state index contributed by atoms with van der Waals surface area (Å²) in [5.41, 5.74) is 1.82. The Morgan fingerprint density at radius 3 is 2.48 bits per heavy atom. The summed E-state index contributed by atoms with van der Waals surface area (Å²) in [6, 6.07) is 17.6. The number of benzene rings is 2. The number of ether oxygens (including phenoxy) is 1. The molecule has 0 spiro atoms. The molecular weight excluding hydrogens is 380 g/mol. The molecule has 0 radical (unpaired) electrons. The number of nitrogens with one attached hydrogen (secondary N) is 2. The van der Waals surface area contributed by atoms with Gasteiger partial charge in [0.25, 0.3) is 0 Å². The maximum atomic E-state index is 5.65. The third-order valence-corrected chi connectivity index (χ3v) is 3.88. The van der Waals surface area contributed by atoms with Crippen molar-refractivity contribution >= 4 is 38.9 Å². The van der Waals surface area contributed by atoms with Gasteiger partial charge in [0.15, 0.2) is 0 Å². The normalized spacial score (nSPS) is 10.4. The van der Waals surface area contributed by atoms with Gasteiger partial charge in [0.1, 0.15) is 23.2 Å². The van der Waals surface area contributed by atoms with Crippen LogP contribution in [0.1, 0.15) is 12.7 Å². The highest BCUT2D eigenvalue weighted by atomic mass is 79.9. The second kappa shape index (κ2) is 7.98. The zero-order valence-electron chi connectivity index (χ0n) is 14.1. The van der Waals surface area contributed by atoms with Crippen LogP contribution >= 0.6 is 15.9 Å². The van der Waals surface area contributed by atoms with Crippen molar-refractivity contribution in [3.8, 4) is 5.75 Å². The standard InChI is InChI=1S/C19H19BrN4O/c1-3-25-17-10-5-4-9-16(17)24-19-12-18(21-13(2)22-19)23-15-8-6-7-14(20)11-15/h4-12H,3H2,1-2H3,(H2,21,22,23,24). The van der Waals surface area contributed by atoms with Gasteiger partial charge in [0.05, 0.1) is 12.3 Å². The van der Waals surface area contributed by atoms with Crippen LogP contribution in [-0.4, -0.2) is 16.6 Å². The Balaban J connectivity index is 1.85. The van der Waals surface area contributed by atoms with Crippen molar-refractivity contribution in [2.75, 3.05) is 17.2 Å². The molecule has 0 aliphatic rings. The Hall–Kier alpha value is -2.60. The molecule has 2 N–H and O–H groups in total. The fraction of sp³-hybridized carbons (Fsp3) is 0.158. The molecule has 0 fully saturated rings. The quantitative estimate of drug-likeness (QED) is 0.579. The summed E-state index contributed by atoms with van der Waals surface area (Å²) >= 11 is 3.47. The summed E-state index contributed by atoms with van der Waals surface area (Å²) in [5.74, 6) is 2.90. The molecule has 2 aromatic carbocycles. The smallest absolute Gasteiger partial charge is 0.142 e. The highest BCUT2D eigenvalue weighted by Crippen LogP contribution is 2.28. The van der Waals surface area contributed by atoms with Crippen molar-refractivity contribution in [1.29, 1.82) is 0 Å². The molecule has 3 aromatic rings. The van der Waals surface area contributed by atoms with Gasteiger partial charge in [0.2, 0.25) is 0 Å². The summed E-state index contributed by atoms with van der Waals surface area (Å²) in [7, 11) is 0. The van der Waals surface area contributed by atoms with Crippen LogP contribution in [0.3, 0.4) is 0 Å². The molecule has 128 valence electrons. The number of halogens is 1. The Bertz CT molecular complexity index is 870. The highest BCUT2D eigenvalue weighted by molar-refractivity contribution is 9.10. The van der Waals surface area contributed by atoms with Crippen LogP contribution in [0, 0.1) is 6.92 Å². The van der Waals surface area contributed by atoms with E-state index in [1.54, 1.807) is 0 Å². The van der Waals surface area contributed by atoms with E-state index in [0.29, 0.717) is 18.2 Å². The van der Waals surface area contributed by atoms with Gasteiger partial charge in [-0.3, -0.25) is 0 Å². The number of hydrogen-bond acceptors (Lipinski definition) is 5. The zero-order valence-corrected chi connectivity index (χ0v) is 15.7. The summed E-state index contributed by atoms with van der Waals surface area (Å²) in [5, 5.41) is 6.61. The van der Waals surface area contributed by atoms with Crippen molar-refractivity contribution in [2.24, 2.45) is 0 Å². The monoisotopic (exact) mass is 398 g/mol. The first-order chi connectivity index (χ1) is 12.1. The molecule has 0 aliphatic carbocycles. The predicted molar refractivity (Wildman–Crippen MR) is 105 cm³/mol. The highest BCUT2D eigenvalue weighted by Gasteiger charge is 2.07. The van der Waals surface area contributed by atoms with E-state index in [9.17, 15) is 0 Å². The Kier molecular flexibility index (Phi) is 5.50. The summed E-state index contributed by atoms with van der Waals surface area (Å²) in [6.07, 6.45) is 0. The number of para-hydroxylation sites is 2. The largest absolute Gasteiger partial charge is 0.492 e. The molecule has 0 aliphatic heterocycles. The van der Waals surface area contributed by atoms with Crippen molar-refractivity contribution in [3.63, 3.8) is 0 Å². The van der Waals surface area contributed by atoms with E-state index in [1.165, 1.54) is 0 Å². The molecule has 0 bridgehead atoms. The Morgan fingerprint density at radius 1 is 0.960 bits per heavy atom. The van der Waals surface area contributed by atoms with Crippen LogP contribution < -0.4 is 15.4 Å². The summed E-state index contributed by atoms with van der Waals surface area (Å²) in [4.78, 5) is 8.91. The first kappa shape index (κ1) is 17.2. The van der Waals surface area contributed by atoms with Gasteiger partial charge in [-0.15, -0.1) is 0 Å². The molecule has 0 saturated carbocycles. The van der Waals surface area contributed by atoms with Crippen molar-refractivity contribution in [1.82, 2.24) is 9.97 Å². The number of aryl methyl sites for hydroxylation is 1. The molecule has 1 heterocycles. The topological polar surface area (TPSA) is 59.1 Å². The van der Waals surface area contributed by atoms with E-state index in [4.69, 9.17) is 4.74 Å². The lowest BCUT2D eigenvalue weighted by Gasteiger charge is -2.13. The minimum Gasteiger partial charge on any atom is -0.492 e. The van der Waals surface area contributed by atoms with E-state index in [-0.39, 0.29) is 0 Å². The van der Waals surface area contributed by atoms with Crippen molar-refractivity contribution in [3.05, 3.63) is 64.9 Å². The summed E-state index contributed by atoms with van der Waals surface area (Å²) < 4.78 is 6.66. The third kappa shape index (κ3) is 4.70. The number of anilines is 4.